The normalized spacial score (nSPS) is 27.6. The molecule has 4 atom stereocenters. The van der Waals surface area contributed by atoms with Crippen LogP contribution in [-0.4, -0.2) is 18.1 Å². The summed E-state index contributed by atoms with van der Waals surface area (Å²) in [7, 11) is 1.97. The second-order valence-electron chi connectivity index (χ2n) is 6.89. The zero-order chi connectivity index (χ0) is 15.4. The highest BCUT2D eigenvalue weighted by Gasteiger charge is 2.33. The van der Waals surface area contributed by atoms with E-state index < -0.39 is 0 Å². The molecule has 0 amide bonds. The van der Waals surface area contributed by atoms with Crippen LogP contribution in [0.15, 0.2) is 18.3 Å². The van der Waals surface area contributed by atoms with Crippen molar-refractivity contribution in [1.29, 1.82) is 0 Å². The summed E-state index contributed by atoms with van der Waals surface area (Å²) >= 11 is 0. The first-order valence-corrected chi connectivity index (χ1v) is 8.31. The third-order valence-electron chi connectivity index (χ3n) is 4.92. The summed E-state index contributed by atoms with van der Waals surface area (Å²) in [6.07, 6.45) is 5.87. The van der Waals surface area contributed by atoms with Gasteiger partial charge in [-0.15, -0.1) is 0 Å². The first kappa shape index (κ1) is 16.3. The number of nitrogens with zero attached hydrogens (tertiary/aromatic N) is 1. The van der Waals surface area contributed by atoms with Crippen LogP contribution >= 0.6 is 0 Å². The average Bonchev–Trinajstić information content (AvgIpc) is 2.47. The van der Waals surface area contributed by atoms with Crippen LogP contribution in [0.2, 0.25) is 0 Å². The standard InChI is InChI=1S/C18H30N2O/c1-12(2)15-9-8-13(3)11-17(15)21-18-16(14(4)19-5)7-6-10-20-18/h6-7,10,12-15,17,19H,8-9,11H2,1-5H3. The molecule has 0 bridgehead atoms. The van der Waals surface area contributed by atoms with Gasteiger partial charge < -0.3 is 10.1 Å². The SMILES string of the molecule is CNC(C)c1cccnc1OC1CC(C)CCC1C(C)C. The summed E-state index contributed by atoms with van der Waals surface area (Å²) in [5.74, 6) is 2.86. The largest absolute Gasteiger partial charge is 0.474 e. The van der Waals surface area contributed by atoms with Crippen molar-refractivity contribution in [1.82, 2.24) is 10.3 Å². The minimum atomic E-state index is 0.257. The first-order chi connectivity index (χ1) is 10.0. The smallest absolute Gasteiger partial charge is 0.218 e. The molecule has 118 valence electrons. The van der Waals surface area contributed by atoms with Gasteiger partial charge in [0.05, 0.1) is 0 Å². The zero-order valence-corrected chi connectivity index (χ0v) is 14.1. The van der Waals surface area contributed by atoms with E-state index in [2.05, 4.69) is 44.1 Å². The van der Waals surface area contributed by atoms with Crippen LogP contribution in [0, 0.1) is 17.8 Å². The van der Waals surface area contributed by atoms with Crippen molar-refractivity contribution in [3.05, 3.63) is 23.9 Å². The monoisotopic (exact) mass is 290 g/mol. The second kappa shape index (κ2) is 7.26. The van der Waals surface area contributed by atoms with Gasteiger partial charge in [0, 0.05) is 17.8 Å². The first-order valence-electron chi connectivity index (χ1n) is 8.31. The van der Waals surface area contributed by atoms with Crippen molar-refractivity contribution in [3.8, 4) is 5.88 Å². The molecule has 3 nitrogen and oxygen atoms in total. The molecular weight excluding hydrogens is 260 g/mol. The van der Waals surface area contributed by atoms with Crippen LogP contribution in [0.25, 0.3) is 0 Å². The van der Waals surface area contributed by atoms with Crippen molar-refractivity contribution >= 4 is 0 Å². The summed E-state index contributed by atoms with van der Waals surface area (Å²) in [4.78, 5) is 4.50. The van der Waals surface area contributed by atoms with Gasteiger partial charge >= 0.3 is 0 Å². The van der Waals surface area contributed by atoms with Gasteiger partial charge in [0.15, 0.2) is 0 Å². The molecule has 0 aliphatic heterocycles. The fraction of sp³-hybridized carbons (Fsp3) is 0.722. The molecule has 0 spiro atoms. The fourth-order valence-electron chi connectivity index (χ4n) is 3.38. The Morgan fingerprint density at radius 3 is 2.71 bits per heavy atom. The molecular formula is C18H30N2O. The summed E-state index contributed by atoms with van der Waals surface area (Å²) in [6.45, 7) is 9.11. The highest BCUT2D eigenvalue weighted by atomic mass is 16.5. The predicted molar refractivity (Wildman–Crippen MR) is 87.5 cm³/mol. The lowest BCUT2D eigenvalue weighted by Crippen LogP contribution is -2.37. The molecule has 1 aliphatic rings. The van der Waals surface area contributed by atoms with E-state index in [0.717, 1.165) is 23.8 Å². The Balaban J connectivity index is 2.19. The summed E-state index contributed by atoms with van der Waals surface area (Å²) in [5.41, 5.74) is 1.15. The Bertz CT molecular complexity index is 447. The summed E-state index contributed by atoms with van der Waals surface area (Å²) in [5, 5.41) is 3.28. The Hall–Kier alpha value is -1.09. The molecule has 21 heavy (non-hydrogen) atoms. The molecule has 0 saturated heterocycles. The van der Waals surface area contributed by atoms with Gasteiger partial charge in [-0.3, -0.25) is 0 Å². The predicted octanol–water partition coefficient (Wildman–Crippen LogP) is 4.20. The number of aromatic nitrogens is 1. The lowest BCUT2D eigenvalue weighted by Gasteiger charge is -2.37. The Labute approximate surface area is 129 Å². The van der Waals surface area contributed by atoms with Gasteiger partial charge in [0.1, 0.15) is 6.10 Å². The van der Waals surface area contributed by atoms with Crippen LogP contribution in [0.4, 0.5) is 0 Å². The van der Waals surface area contributed by atoms with Crippen molar-refractivity contribution < 1.29 is 4.74 Å². The van der Waals surface area contributed by atoms with E-state index in [1.165, 1.54) is 12.8 Å². The third kappa shape index (κ3) is 3.97. The van der Waals surface area contributed by atoms with Crippen LogP contribution in [0.3, 0.4) is 0 Å². The van der Waals surface area contributed by atoms with E-state index >= 15 is 0 Å². The average molecular weight is 290 g/mol. The molecule has 4 unspecified atom stereocenters. The number of ether oxygens (including phenoxy) is 1. The molecule has 3 heteroatoms. The molecule has 1 aromatic heterocycles. The molecule has 1 fully saturated rings. The van der Waals surface area contributed by atoms with Crippen molar-refractivity contribution in [2.24, 2.45) is 17.8 Å². The van der Waals surface area contributed by atoms with E-state index in [-0.39, 0.29) is 6.04 Å². The highest BCUT2D eigenvalue weighted by molar-refractivity contribution is 5.28. The Morgan fingerprint density at radius 2 is 2.05 bits per heavy atom. The second-order valence-corrected chi connectivity index (χ2v) is 6.89. The molecule has 1 N–H and O–H groups in total. The maximum Gasteiger partial charge on any atom is 0.218 e. The lowest BCUT2D eigenvalue weighted by atomic mass is 9.75. The van der Waals surface area contributed by atoms with Crippen LogP contribution in [-0.2, 0) is 0 Å². The number of nitrogens with one attached hydrogen (secondary N) is 1. The van der Waals surface area contributed by atoms with Gasteiger partial charge in [0.2, 0.25) is 5.88 Å². The lowest BCUT2D eigenvalue weighted by molar-refractivity contribution is 0.0415. The number of pyridine rings is 1. The Kier molecular flexibility index (Phi) is 5.63. The van der Waals surface area contributed by atoms with Crippen LogP contribution < -0.4 is 10.1 Å². The zero-order valence-electron chi connectivity index (χ0n) is 14.1. The highest BCUT2D eigenvalue weighted by Crippen LogP contribution is 2.36. The molecule has 1 aromatic rings. The molecule has 0 radical (unpaired) electrons. The minimum Gasteiger partial charge on any atom is -0.474 e. The van der Waals surface area contributed by atoms with E-state index in [1.54, 1.807) is 0 Å². The van der Waals surface area contributed by atoms with Crippen LogP contribution in [0.1, 0.15) is 58.6 Å². The van der Waals surface area contributed by atoms with Gasteiger partial charge in [0.25, 0.3) is 0 Å². The number of hydrogen-bond donors (Lipinski definition) is 1. The van der Waals surface area contributed by atoms with E-state index in [1.807, 2.05) is 19.3 Å². The van der Waals surface area contributed by atoms with Gasteiger partial charge in [-0.1, -0.05) is 33.3 Å². The van der Waals surface area contributed by atoms with Crippen molar-refractivity contribution in [2.45, 2.75) is 59.1 Å². The Morgan fingerprint density at radius 1 is 1.29 bits per heavy atom. The van der Waals surface area contributed by atoms with E-state index in [0.29, 0.717) is 17.9 Å². The van der Waals surface area contributed by atoms with Gasteiger partial charge in [-0.05, 0) is 50.6 Å². The van der Waals surface area contributed by atoms with Crippen molar-refractivity contribution in [3.63, 3.8) is 0 Å². The van der Waals surface area contributed by atoms with E-state index in [9.17, 15) is 0 Å². The topological polar surface area (TPSA) is 34.2 Å². The molecule has 0 aromatic carbocycles. The molecule has 1 heterocycles. The number of hydrogen-bond acceptors (Lipinski definition) is 3. The maximum atomic E-state index is 6.40. The summed E-state index contributed by atoms with van der Waals surface area (Å²) in [6, 6.07) is 4.35. The maximum absolute atomic E-state index is 6.40. The fourth-order valence-corrected chi connectivity index (χ4v) is 3.38. The quantitative estimate of drug-likeness (QED) is 0.882. The van der Waals surface area contributed by atoms with Gasteiger partial charge in [-0.25, -0.2) is 4.98 Å². The minimum absolute atomic E-state index is 0.257. The van der Waals surface area contributed by atoms with Crippen LogP contribution in [0.5, 0.6) is 5.88 Å². The molecule has 1 saturated carbocycles. The van der Waals surface area contributed by atoms with Crippen molar-refractivity contribution in [2.75, 3.05) is 7.05 Å². The van der Waals surface area contributed by atoms with E-state index in [4.69, 9.17) is 4.74 Å². The third-order valence-corrected chi connectivity index (χ3v) is 4.92. The summed E-state index contributed by atoms with van der Waals surface area (Å²) < 4.78 is 6.40. The van der Waals surface area contributed by atoms with Gasteiger partial charge in [-0.2, -0.15) is 0 Å². The molecule has 1 aliphatic carbocycles. The number of rotatable bonds is 5. The molecule has 2 rings (SSSR count).